The van der Waals surface area contributed by atoms with Crippen LogP contribution in [0.3, 0.4) is 0 Å². The molecule has 14 heavy (non-hydrogen) atoms. The maximum atomic E-state index is 11.6. The number of hydrogen-bond acceptors (Lipinski definition) is 3. The van der Waals surface area contributed by atoms with E-state index in [2.05, 4.69) is 5.32 Å². The van der Waals surface area contributed by atoms with Gasteiger partial charge in [0.05, 0.1) is 4.99 Å². The second kappa shape index (κ2) is 5.93. The lowest BCUT2D eigenvalue weighted by atomic mass is 10.0. The van der Waals surface area contributed by atoms with Crippen molar-refractivity contribution in [2.45, 2.75) is 32.3 Å². The molecule has 0 aromatic carbocycles. The van der Waals surface area contributed by atoms with E-state index in [0.29, 0.717) is 24.4 Å². The minimum atomic E-state index is -0.754. The smallest absolute Gasteiger partial charge is 0.251 e. The minimum absolute atomic E-state index is 0.126. The van der Waals surface area contributed by atoms with Crippen LogP contribution < -0.4 is 11.1 Å². The summed E-state index contributed by atoms with van der Waals surface area (Å²) in [6.07, 6.45) is 1.15. The number of nitrogens with one attached hydrogen (secondary N) is 1. The minimum Gasteiger partial charge on any atom is -0.393 e. The maximum Gasteiger partial charge on any atom is 0.251 e. The summed E-state index contributed by atoms with van der Waals surface area (Å²) in [5, 5.41) is 2.72. The zero-order valence-corrected chi connectivity index (χ0v) is 9.74. The van der Waals surface area contributed by atoms with Crippen LogP contribution in [0.25, 0.3) is 0 Å². The molecule has 1 unspecified atom stereocenters. The maximum absolute atomic E-state index is 11.6. The van der Waals surface area contributed by atoms with E-state index < -0.39 is 5.60 Å². The van der Waals surface area contributed by atoms with Gasteiger partial charge in [0, 0.05) is 20.1 Å². The summed E-state index contributed by atoms with van der Waals surface area (Å²) in [5.41, 5.74) is 4.55. The van der Waals surface area contributed by atoms with Gasteiger partial charge in [-0.2, -0.15) is 0 Å². The normalized spacial score (nSPS) is 14.5. The molecule has 4 nitrogen and oxygen atoms in total. The van der Waals surface area contributed by atoms with Crippen LogP contribution in [0.4, 0.5) is 0 Å². The first-order chi connectivity index (χ1) is 6.46. The SMILES string of the molecule is CCC(C)(OC)C(=O)NCCC(N)=S. The summed E-state index contributed by atoms with van der Waals surface area (Å²) < 4.78 is 5.13. The van der Waals surface area contributed by atoms with E-state index in [0.717, 1.165) is 0 Å². The standard InChI is InChI=1S/C9H18N2O2S/c1-4-9(2,13-3)8(12)11-6-5-7(10)14/h4-6H2,1-3H3,(H2,10,14)(H,11,12). The monoisotopic (exact) mass is 218 g/mol. The Morgan fingerprint density at radius 1 is 1.64 bits per heavy atom. The Balaban J connectivity index is 4.00. The van der Waals surface area contributed by atoms with Gasteiger partial charge < -0.3 is 15.8 Å². The average molecular weight is 218 g/mol. The van der Waals surface area contributed by atoms with Crippen molar-refractivity contribution in [3.05, 3.63) is 0 Å². The molecule has 82 valence electrons. The van der Waals surface area contributed by atoms with Gasteiger partial charge in [-0.25, -0.2) is 0 Å². The molecule has 5 heteroatoms. The molecule has 0 aromatic heterocycles. The van der Waals surface area contributed by atoms with Crippen molar-refractivity contribution < 1.29 is 9.53 Å². The lowest BCUT2D eigenvalue weighted by molar-refractivity contribution is -0.141. The van der Waals surface area contributed by atoms with Crippen LogP contribution in [0.2, 0.25) is 0 Å². The lowest BCUT2D eigenvalue weighted by Gasteiger charge is -2.25. The van der Waals surface area contributed by atoms with Crippen LogP contribution in [0.15, 0.2) is 0 Å². The summed E-state index contributed by atoms with van der Waals surface area (Å²) in [5.74, 6) is -0.126. The fraction of sp³-hybridized carbons (Fsp3) is 0.778. The van der Waals surface area contributed by atoms with Crippen molar-refractivity contribution >= 4 is 23.1 Å². The molecule has 3 N–H and O–H groups in total. The molecule has 0 aliphatic heterocycles. The topological polar surface area (TPSA) is 64.3 Å². The first-order valence-electron chi connectivity index (χ1n) is 4.58. The van der Waals surface area contributed by atoms with E-state index in [1.54, 1.807) is 6.92 Å². The molecule has 0 fully saturated rings. The second-order valence-electron chi connectivity index (χ2n) is 3.26. The molecule has 0 aliphatic rings. The lowest BCUT2D eigenvalue weighted by Crippen LogP contribution is -2.46. The third kappa shape index (κ3) is 4.02. The third-order valence-electron chi connectivity index (χ3n) is 2.26. The van der Waals surface area contributed by atoms with Crippen LogP contribution in [0.1, 0.15) is 26.7 Å². The van der Waals surface area contributed by atoms with Gasteiger partial charge in [0.1, 0.15) is 5.60 Å². The van der Waals surface area contributed by atoms with Crippen LogP contribution in [-0.4, -0.2) is 30.2 Å². The van der Waals surface area contributed by atoms with Gasteiger partial charge in [-0.3, -0.25) is 4.79 Å². The summed E-state index contributed by atoms with van der Waals surface area (Å²) in [6, 6.07) is 0. The summed E-state index contributed by atoms with van der Waals surface area (Å²) in [6.45, 7) is 4.12. The van der Waals surface area contributed by atoms with Crippen LogP contribution >= 0.6 is 12.2 Å². The Labute approximate surface area is 90.2 Å². The van der Waals surface area contributed by atoms with Gasteiger partial charge >= 0.3 is 0 Å². The molecular weight excluding hydrogens is 200 g/mol. The van der Waals surface area contributed by atoms with Crippen molar-refractivity contribution in [3.63, 3.8) is 0 Å². The van der Waals surface area contributed by atoms with Crippen molar-refractivity contribution in [1.82, 2.24) is 5.32 Å². The fourth-order valence-corrected chi connectivity index (χ4v) is 0.986. The van der Waals surface area contributed by atoms with E-state index in [-0.39, 0.29) is 5.91 Å². The van der Waals surface area contributed by atoms with Crippen molar-refractivity contribution in [3.8, 4) is 0 Å². The van der Waals surface area contributed by atoms with Crippen molar-refractivity contribution in [1.29, 1.82) is 0 Å². The number of ether oxygens (including phenoxy) is 1. The highest BCUT2D eigenvalue weighted by Crippen LogP contribution is 2.13. The number of carbonyl (C=O) groups excluding carboxylic acids is 1. The number of hydrogen-bond donors (Lipinski definition) is 2. The van der Waals surface area contributed by atoms with Gasteiger partial charge in [-0.1, -0.05) is 19.1 Å². The third-order valence-corrected chi connectivity index (χ3v) is 2.47. The summed E-state index contributed by atoms with van der Waals surface area (Å²) in [4.78, 5) is 12.0. The van der Waals surface area contributed by atoms with Crippen LogP contribution in [-0.2, 0) is 9.53 Å². The van der Waals surface area contributed by atoms with Gasteiger partial charge in [0.25, 0.3) is 5.91 Å². The molecule has 0 spiro atoms. The Bertz CT molecular complexity index is 215. The molecule has 0 saturated carbocycles. The highest BCUT2D eigenvalue weighted by atomic mass is 32.1. The van der Waals surface area contributed by atoms with Crippen LogP contribution in [0, 0.1) is 0 Å². The molecular formula is C9H18N2O2S. The summed E-state index contributed by atoms with van der Waals surface area (Å²) in [7, 11) is 1.52. The van der Waals surface area contributed by atoms with Gasteiger partial charge in [0.2, 0.25) is 0 Å². The number of thiocarbonyl (C=S) groups is 1. The molecule has 0 aliphatic carbocycles. The predicted octanol–water partition coefficient (Wildman–Crippen LogP) is 0.594. The molecule has 0 rings (SSSR count). The second-order valence-corrected chi connectivity index (χ2v) is 3.79. The van der Waals surface area contributed by atoms with E-state index in [1.807, 2.05) is 6.92 Å². The largest absolute Gasteiger partial charge is 0.393 e. The molecule has 1 amide bonds. The Morgan fingerprint density at radius 3 is 2.57 bits per heavy atom. The van der Waals surface area contributed by atoms with E-state index >= 15 is 0 Å². The number of amides is 1. The molecule has 0 bridgehead atoms. The zero-order chi connectivity index (χ0) is 11.2. The van der Waals surface area contributed by atoms with Crippen molar-refractivity contribution in [2.75, 3.05) is 13.7 Å². The van der Waals surface area contributed by atoms with Gasteiger partial charge in [-0.15, -0.1) is 0 Å². The molecule has 0 saturated heterocycles. The first-order valence-corrected chi connectivity index (χ1v) is 4.99. The first kappa shape index (κ1) is 13.3. The Kier molecular flexibility index (Phi) is 5.64. The number of carbonyl (C=O) groups is 1. The van der Waals surface area contributed by atoms with Gasteiger partial charge in [-0.05, 0) is 13.3 Å². The van der Waals surface area contributed by atoms with E-state index in [9.17, 15) is 4.79 Å². The number of rotatable bonds is 6. The Morgan fingerprint density at radius 2 is 2.21 bits per heavy atom. The van der Waals surface area contributed by atoms with E-state index in [1.165, 1.54) is 7.11 Å². The zero-order valence-electron chi connectivity index (χ0n) is 8.92. The highest BCUT2D eigenvalue weighted by Gasteiger charge is 2.30. The molecule has 0 radical (unpaired) electrons. The number of nitrogens with two attached hydrogens (primary N) is 1. The van der Waals surface area contributed by atoms with Gasteiger partial charge in [0.15, 0.2) is 0 Å². The molecule has 0 aromatic rings. The molecule has 0 heterocycles. The van der Waals surface area contributed by atoms with E-state index in [4.69, 9.17) is 22.7 Å². The van der Waals surface area contributed by atoms with Crippen molar-refractivity contribution in [2.24, 2.45) is 5.73 Å². The fourth-order valence-electron chi connectivity index (χ4n) is 0.884. The molecule has 1 atom stereocenters. The Hall–Kier alpha value is -0.680. The average Bonchev–Trinajstić information content (AvgIpc) is 2.15. The van der Waals surface area contributed by atoms with Crippen LogP contribution in [0.5, 0.6) is 0 Å². The number of methoxy groups -OCH3 is 1. The summed E-state index contributed by atoms with van der Waals surface area (Å²) >= 11 is 4.69. The highest BCUT2D eigenvalue weighted by molar-refractivity contribution is 7.80. The predicted molar refractivity (Wildman–Crippen MR) is 60.1 cm³/mol. The quantitative estimate of drug-likeness (QED) is 0.641.